The fourth-order valence-electron chi connectivity index (χ4n) is 3.34. The average Bonchev–Trinajstić information content (AvgIpc) is 3.06. The molecule has 3 aromatic carbocycles. The van der Waals surface area contributed by atoms with E-state index in [-0.39, 0.29) is 11.5 Å². The van der Waals surface area contributed by atoms with Gasteiger partial charge in [-0.3, -0.25) is 4.79 Å². The van der Waals surface area contributed by atoms with Gasteiger partial charge >= 0.3 is 0 Å². The zero-order valence-electron chi connectivity index (χ0n) is 17.1. The van der Waals surface area contributed by atoms with Crippen LogP contribution in [0.5, 0.6) is 17.2 Å². The molecule has 0 amide bonds. The SMILES string of the molecule is CCOc1ccc(/C=C2\Oc3cc(OCc4ccc(Cl)c(Cl)c4)cc(C)c3C2=O)cc1. The number of ketones is 1. The van der Waals surface area contributed by atoms with E-state index in [1.807, 2.05) is 50.2 Å². The molecule has 0 aromatic heterocycles. The lowest BCUT2D eigenvalue weighted by Gasteiger charge is -2.10. The van der Waals surface area contributed by atoms with Crippen LogP contribution in [0.25, 0.3) is 6.08 Å². The summed E-state index contributed by atoms with van der Waals surface area (Å²) in [6, 6.07) is 16.4. The molecule has 0 aliphatic carbocycles. The second-order valence-electron chi connectivity index (χ2n) is 7.09. The smallest absolute Gasteiger partial charge is 0.232 e. The number of fused-ring (bicyclic) bond motifs is 1. The maximum absolute atomic E-state index is 12.9. The number of carbonyl (C=O) groups is 1. The fourth-order valence-corrected chi connectivity index (χ4v) is 3.66. The van der Waals surface area contributed by atoms with E-state index in [9.17, 15) is 4.79 Å². The molecule has 0 fully saturated rings. The summed E-state index contributed by atoms with van der Waals surface area (Å²) in [5, 5.41) is 0.975. The number of benzene rings is 3. The summed E-state index contributed by atoms with van der Waals surface area (Å²) >= 11 is 12.0. The van der Waals surface area contributed by atoms with E-state index in [4.69, 9.17) is 37.4 Å². The van der Waals surface area contributed by atoms with Gasteiger partial charge in [0.1, 0.15) is 23.9 Å². The molecule has 0 saturated heterocycles. The van der Waals surface area contributed by atoms with Gasteiger partial charge in [0.2, 0.25) is 5.78 Å². The van der Waals surface area contributed by atoms with Crippen molar-refractivity contribution in [2.75, 3.05) is 6.61 Å². The monoisotopic (exact) mass is 454 g/mol. The van der Waals surface area contributed by atoms with Gasteiger partial charge < -0.3 is 14.2 Å². The molecule has 1 aliphatic rings. The maximum Gasteiger partial charge on any atom is 0.232 e. The van der Waals surface area contributed by atoms with Gasteiger partial charge in [0.25, 0.3) is 0 Å². The third-order valence-electron chi connectivity index (χ3n) is 4.82. The Hall–Kier alpha value is -2.95. The van der Waals surface area contributed by atoms with E-state index in [0.717, 1.165) is 22.4 Å². The summed E-state index contributed by atoms with van der Waals surface area (Å²) in [5.74, 6) is 2.02. The molecule has 4 rings (SSSR count). The van der Waals surface area contributed by atoms with Crippen molar-refractivity contribution < 1.29 is 19.0 Å². The van der Waals surface area contributed by atoms with Crippen molar-refractivity contribution in [3.8, 4) is 17.2 Å². The Labute approximate surface area is 191 Å². The predicted molar refractivity (Wildman–Crippen MR) is 123 cm³/mol. The first-order valence-corrected chi connectivity index (χ1v) is 10.6. The lowest BCUT2D eigenvalue weighted by atomic mass is 10.0. The number of hydrogen-bond donors (Lipinski definition) is 0. The van der Waals surface area contributed by atoms with Crippen molar-refractivity contribution >= 4 is 35.1 Å². The standard InChI is InChI=1S/C25H20Cl2O4/c1-3-29-18-7-4-16(5-8-18)12-23-25(28)24-15(2)10-19(13-22(24)31-23)30-14-17-6-9-20(26)21(27)11-17/h4-13H,3,14H2,1-2H3/b23-12-. The predicted octanol–water partition coefficient (Wildman–Crippen LogP) is 6.90. The normalized spacial score (nSPS) is 13.8. The quantitative estimate of drug-likeness (QED) is 0.380. The summed E-state index contributed by atoms with van der Waals surface area (Å²) in [6.45, 7) is 4.72. The van der Waals surface area contributed by atoms with Gasteiger partial charge in [0.15, 0.2) is 5.76 Å². The van der Waals surface area contributed by atoms with Crippen molar-refractivity contribution in [1.29, 1.82) is 0 Å². The van der Waals surface area contributed by atoms with E-state index in [1.54, 1.807) is 24.3 Å². The van der Waals surface area contributed by atoms with Gasteiger partial charge in [0.05, 0.1) is 22.2 Å². The van der Waals surface area contributed by atoms with Gasteiger partial charge in [-0.1, -0.05) is 41.4 Å². The van der Waals surface area contributed by atoms with Gasteiger partial charge in [-0.2, -0.15) is 0 Å². The number of Topliss-reactive ketones (excluding diaryl/α,β-unsaturated/α-hetero) is 1. The number of rotatable bonds is 6. The van der Waals surface area contributed by atoms with Crippen LogP contribution in [-0.4, -0.2) is 12.4 Å². The molecular formula is C25H20Cl2O4. The zero-order valence-corrected chi connectivity index (χ0v) is 18.6. The second-order valence-corrected chi connectivity index (χ2v) is 7.91. The Balaban J connectivity index is 1.52. The Morgan fingerprint density at radius 1 is 0.935 bits per heavy atom. The summed E-state index contributed by atoms with van der Waals surface area (Å²) < 4.78 is 17.2. The van der Waals surface area contributed by atoms with Gasteiger partial charge in [-0.15, -0.1) is 0 Å². The van der Waals surface area contributed by atoms with Crippen LogP contribution in [0.1, 0.15) is 34.0 Å². The Morgan fingerprint density at radius 3 is 2.42 bits per heavy atom. The molecule has 31 heavy (non-hydrogen) atoms. The van der Waals surface area contributed by atoms with E-state index >= 15 is 0 Å². The lowest BCUT2D eigenvalue weighted by molar-refractivity contribution is 0.101. The number of carbonyl (C=O) groups excluding carboxylic acids is 1. The highest BCUT2D eigenvalue weighted by molar-refractivity contribution is 6.42. The number of aryl methyl sites for hydroxylation is 1. The first-order chi connectivity index (χ1) is 14.9. The van der Waals surface area contributed by atoms with E-state index in [0.29, 0.717) is 40.3 Å². The fraction of sp³-hybridized carbons (Fsp3) is 0.160. The largest absolute Gasteiger partial charge is 0.494 e. The van der Waals surface area contributed by atoms with Crippen LogP contribution in [0, 0.1) is 6.92 Å². The molecule has 4 nitrogen and oxygen atoms in total. The molecule has 1 heterocycles. The molecule has 0 spiro atoms. The van der Waals surface area contributed by atoms with Crippen molar-refractivity contribution in [3.05, 3.63) is 92.7 Å². The highest BCUT2D eigenvalue weighted by Crippen LogP contribution is 2.38. The molecule has 0 bridgehead atoms. The Morgan fingerprint density at radius 2 is 1.71 bits per heavy atom. The first kappa shape index (κ1) is 21.3. The maximum atomic E-state index is 12.9. The van der Waals surface area contributed by atoms with Crippen LogP contribution < -0.4 is 14.2 Å². The molecule has 0 saturated carbocycles. The van der Waals surface area contributed by atoms with Crippen LogP contribution in [0.4, 0.5) is 0 Å². The molecule has 1 aliphatic heterocycles. The highest BCUT2D eigenvalue weighted by Gasteiger charge is 2.30. The van der Waals surface area contributed by atoms with Crippen LogP contribution in [0.3, 0.4) is 0 Å². The lowest BCUT2D eigenvalue weighted by Crippen LogP contribution is -2.00. The first-order valence-electron chi connectivity index (χ1n) is 9.83. The van der Waals surface area contributed by atoms with Crippen LogP contribution in [0.15, 0.2) is 60.4 Å². The molecule has 0 atom stereocenters. The van der Waals surface area contributed by atoms with Crippen LogP contribution in [-0.2, 0) is 6.61 Å². The summed E-state index contributed by atoms with van der Waals surface area (Å²) in [6.07, 6.45) is 1.73. The third-order valence-corrected chi connectivity index (χ3v) is 5.56. The van der Waals surface area contributed by atoms with E-state index in [2.05, 4.69) is 0 Å². The van der Waals surface area contributed by atoms with E-state index < -0.39 is 0 Å². The molecule has 0 unspecified atom stereocenters. The summed E-state index contributed by atoms with van der Waals surface area (Å²) in [7, 11) is 0. The molecule has 0 radical (unpaired) electrons. The molecule has 0 N–H and O–H groups in total. The van der Waals surface area contributed by atoms with Crippen molar-refractivity contribution in [3.63, 3.8) is 0 Å². The van der Waals surface area contributed by atoms with Gasteiger partial charge in [0, 0.05) is 6.07 Å². The minimum absolute atomic E-state index is 0.141. The minimum atomic E-state index is -0.141. The van der Waals surface area contributed by atoms with E-state index in [1.165, 1.54) is 0 Å². The Bertz CT molecular complexity index is 1170. The van der Waals surface area contributed by atoms with Gasteiger partial charge in [-0.05, 0) is 66.9 Å². The average molecular weight is 455 g/mol. The number of hydrogen-bond acceptors (Lipinski definition) is 4. The highest BCUT2D eigenvalue weighted by atomic mass is 35.5. The third kappa shape index (κ3) is 4.71. The van der Waals surface area contributed by atoms with Crippen LogP contribution >= 0.6 is 23.2 Å². The molecule has 6 heteroatoms. The topological polar surface area (TPSA) is 44.8 Å². The van der Waals surface area contributed by atoms with Gasteiger partial charge in [-0.25, -0.2) is 0 Å². The van der Waals surface area contributed by atoms with Crippen LogP contribution in [0.2, 0.25) is 10.0 Å². The zero-order chi connectivity index (χ0) is 22.0. The number of halogens is 2. The van der Waals surface area contributed by atoms with Crippen molar-refractivity contribution in [2.45, 2.75) is 20.5 Å². The molecule has 158 valence electrons. The molecular weight excluding hydrogens is 435 g/mol. The molecule has 3 aromatic rings. The summed E-state index contributed by atoms with van der Waals surface area (Å²) in [4.78, 5) is 12.9. The van der Waals surface area contributed by atoms with Crippen molar-refractivity contribution in [1.82, 2.24) is 0 Å². The second kappa shape index (κ2) is 9.04. The number of ether oxygens (including phenoxy) is 3. The minimum Gasteiger partial charge on any atom is -0.494 e. The Kier molecular flexibility index (Phi) is 6.21. The number of allylic oxidation sites excluding steroid dienone is 1. The van der Waals surface area contributed by atoms with Crippen molar-refractivity contribution in [2.24, 2.45) is 0 Å². The summed E-state index contributed by atoms with van der Waals surface area (Å²) in [5.41, 5.74) is 3.09.